The number of carbonyl (C=O) groups excluding carboxylic acids is 1. The van der Waals surface area contributed by atoms with Crippen LogP contribution in [-0.4, -0.2) is 39.9 Å². The normalized spacial score (nSPS) is 36.4. The SMILES string of the molecule is CC(B(O)O)P1CCC(C)(N)C1=O. The summed E-state index contributed by atoms with van der Waals surface area (Å²) in [6, 6.07) is 0. The van der Waals surface area contributed by atoms with E-state index in [1.165, 1.54) is 0 Å². The molecule has 1 aliphatic heterocycles. The molecule has 3 unspecified atom stereocenters. The van der Waals surface area contributed by atoms with Gasteiger partial charge in [0.05, 0.1) is 5.54 Å². The van der Waals surface area contributed by atoms with Crippen molar-refractivity contribution in [3.8, 4) is 0 Å². The molecule has 0 saturated carbocycles. The fraction of sp³-hybridized carbons (Fsp3) is 0.857. The molecule has 0 aliphatic carbocycles. The van der Waals surface area contributed by atoms with Crippen LogP contribution >= 0.6 is 7.92 Å². The van der Waals surface area contributed by atoms with Crippen molar-refractivity contribution in [2.24, 2.45) is 5.73 Å². The van der Waals surface area contributed by atoms with E-state index >= 15 is 0 Å². The molecule has 3 atom stereocenters. The van der Waals surface area contributed by atoms with E-state index in [4.69, 9.17) is 15.8 Å². The van der Waals surface area contributed by atoms with Gasteiger partial charge in [0, 0.05) is 5.56 Å². The van der Waals surface area contributed by atoms with Gasteiger partial charge in [-0.25, -0.2) is 0 Å². The van der Waals surface area contributed by atoms with Gasteiger partial charge in [-0.3, -0.25) is 4.79 Å². The molecule has 0 amide bonds. The molecule has 13 heavy (non-hydrogen) atoms. The average molecular weight is 203 g/mol. The van der Waals surface area contributed by atoms with Gasteiger partial charge in [0.25, 0.3) is 0 Å². The molecule has 1 fully saturated rings. The summed E-state index contributed by atoms with van der Waals surface area (Å²) in [5, 5.41) is 17.9. The highest BCUT2D eigenvalue weighted by Crippen LogP contribution is 2.52. The summed E-state index contributed by atoms with van der Waals surface area (Å²) in [7, 11) is -2.36. The Balaban J connectivity index is 2.71. The van der Waals surface area contributed by atoms with Gasteiger partial charge in [0.15, 0.2) is 5.52 Å². The van der Waals surface area contributed by atoms with Crippen molar-refractivity contribution >= 4 is 20.6 Å². The van der Waals surface area contributed by atoms with Crippen LogP contribution in [0.1, 0.15) is 20.3 Å². The summed E-state index contributed by atoms with van der Waals surface area (Å²) in [4.78, 5) is 11.7. The van der Waals surface area contributed by atoms with Gasteiger partial charge in [0.1, 0.15) is 0 Å². The first-order chi connectivity index (χ1) is 5.86. The van der Waals surface area contributed by atoms with Crippen LogP contribution in [0.25, 0.3) is 0 Å². The zero-order valence-corrected chi connectivity index (χ0v) is 8.79. The lowest BCUT2D eigenvalue weighted by Gasteiger charge is -2.20. The summed E-state index contributed by atoms with van der Waals surface area (Å²) in [6.45, 7) is 3.41. The molecule has 0 bridgehead atoms. The molecule has 1 rings (SSSR count). The molecule has 0 aromatic carbocycles. The predicted octanol–water partition coefficient (Wildman–Crippen LogP) is -0.484. The molecule has 0 radical (unpaired) electrons. The maximum atomic E-state index is 11.7. The van der Waals surface area contributed by atoms with Crippen LogP contribution in [0.4, 0.5) is 0 Å². The lowest BCUT2D eigenvalue weighted by Crippen LogP contribution is -2.41. The van der Waals surface area contributed by atoms with E-state index in [0.29, 0.717) is 6.42 Å². The van der Waals surface area contributed by atoms with Crippen LogP contribution in [0, 0.1) is 0 Å². The topological polar surface area (TPSA) is 83.6 Å². The average Bonchev–Trinajstić information content (AvgIpc) is 2.27. The van der Waals surface area contributed by atoms with Crippen molar-refractivity contribution in [1.29, 1.82) is 0 Å². The van der Waals surface area contributed by atoms with Crippen LogP contribution in [0.3, 0.4) is 0 Å². The first-order valence-corrected chi connectivity index (χ1v) is 5.92. The van der Waals surface area contributed by atoms with E-state index in [1.807, 2.05) is 0 Å². The minimum absolute atomic E-state index is 0.0168. The van der Waals surface area contributed by atoms with Crippen molar-refractivity contribution in [3.63, 3.8) is 0 Å². The molecule has 0 spiro atoms. The zero-order valence-electron chi connectivity index (χ0n) is 7.90. The summed E-state index contributed by atoms with van der Waals surface area (Å²) in [5.41, 5.74) is 4.67. The number of carbonyl (C=O) groups is 1. The molecular weight excluding hydrogens is 188 g/mol. The molecule has 1 aliphatic rings. The Hall–Kier alpha value is 0.0449. The van der Waals surface area contributed by atoms with Gasteiger partial charge in [-0.15, -0.1) is 0 Å². The molecule has 1 saturated heterocycles. The number of hydrogen-bond acceptors (Lipinski definition) is 4. The molecule has 0 aromatic rings. The lowest BCUT2D eigenvalue weighted by molar-refractivity contribution is -0.115. The second-order valence-corrected chi connectivity index (χ2v) is 6.43. The third kappa shape index (κ3) is 2.10. The van der Waals surface area contributed by atoms with Gasteiger partial charge in [0.2, 0.25) is 0 Å². The molecule has 4 N–H and O–H groups in total. The standard InChI is InChI=1S/C7H15BNO3P/c1-5(8(11)12)13-4-3-7(2,9)6(13)10/h5,11-12H,3-4,9H2,1-2H3. The van der Waals surface area contributed by atoms with Crippen molar-refractivity contribution in [2.45, 2.75) is 31.4 Å². The smallest absolute Gasteiger partial charge is 0.427 e. The van der Waals surface area contributed by atoms with Gasteiger partial charge in [-0.1, -0.05) is 6.92 Å². The Bertz CT molecular complexity index is 222. The fourth-order valence-electron chi connectivity index (χ4n) is 1.44. The van der Waals surface area contributed by atoms with Crippen LogP contribution < -0.4 is 5.73 Å². The van der Waals surface area contributed by atoms with Crippen LogP contribution in [0.5, 0.6) is 0 Å². The number of rotatable bonds is 2. The van der Waals surface area contributed by atoms with Gasteiger partial charge < -0.3 is 15.8 Å². The highest BCUT2D eigenvalue weighted by Gasteiger charge is 2.45. The number of hydrogen-bond donors (Lipinski definition) is 3. The highest BCUT2D eigenvalue weighted by molar-refractivity contribution is 7.77. The first kappa shape index (κ1) is 11.1. The summed E-state index contributed by atoms with van der Waals surface area (Å²) in [6.07, 6.45) is 1.38. The summed E-state index contributed by atoms with van der Waals surface area (Å²) >= 11 is 0. The fourth-order valence-corrected chi connectivity index (χ4v) is 4.21. The van der Waals surface area contributed by atoms with Crippen LogP contribution in [-0.2, 0) is 4.79 Å². The molecule has 4 nitrogen and oxygen atoms in total. The van der Waals surface area contributed by atoms with E-state index < -0.39 is 20.6 Å². The Morgan fingerprint density at radius 2 is 2.23 bits per heavy atom. The Labute approximate surface area is 79.4 Å². The largest absolute Gasteiger partial charge is 0.459 e. The summed E-state index contributed by atoms with van der Waals surface area (Å²) in [5.74, 6) is 0. The third-order valence-corrected chi connectivity index (χ3v) is 5.53. The Morgan fingerprint density at radius 3 is 2.54 bits per heavy atom. The van der Waals surface area contributed by atoms with Gasteiger partial charge in [-0.2, -0.15) is 0 Å². The van der Waals surface area contributed by atoms with Crippen molar-refractivity contribution < 1.29 is 14.8 Å². The Morgan fingerprint density at radius 1 is 1.69 bits per heavy atom. The first-order valence-electron chi connectivity index (χ1n) is 4.32. The minimum Gasteiger partial charge on any atom is -0.427 e. The van der Waals surface area contributed by atoms with Crippen molar-refractivity contribution in [2.75, 3.05) is 6.16 Å². The third-order valence-electron chi connectivity index (χ3n) is 2.54. The maximum absolute atomic E-state index is 11.7. The summed E-state index contributed by atoms with van der Waals surface area (Å²) < 4.78 is 0. The zero-order chi connectivity index (χ0) is 10.2. The molecule has 0 aromatic heterocycles. The lowest BCUT2D eigenvalue weighted by atomic mass is 9.87. The van der Waals surface area contributed by atoms with Gasteiger partial charge >= 0.3 is 7.12 Å². The molecule has 1 heterocycles. The second-order valence-electron chi connectivity index (χ2n) is 3.82. The van der Waals surface area contributed by atoms with Crippen LogP contribution in [0.15, 0.2) is 0 Å². The van der Waals surface area contributed by atoms with Crippen LogP contribution in [0.2, 0.25) is 0 Å². The minimum atomic E-state index is -1.40. The van der Waals surface area contributed by atoms with Gasteiger partial charge in [-0.05, 0) is 27.4 Å². The second kappa shape index (κ2) is 3.66. The number of nitrogens with two attached hydrogens (primary N) is 1. The monoisotopic (exact) mass is 203 g/mol. The molecular formula is C7H15BNO3P. The maximum Gasteiger partial charge on any atom is 0.459 e. The quantitative estimate of drug-likeness (QED) is 0.418. The highest BCUT2D eigenvalue weighted by atomic mass is 31.1. The van der Waals surface area contributed by atoms with E-state index in [-0.39, 0.29) is 11.1 Å². The van der Waals surface area contributed by atoms with Crippen molar-refractivity contribution in [3.05, 3.63) is 0 Å². The molecule has 74 valence electrons. The van der Waals surface area contributed by atoms with Crippen molar-refractivity contribution in [1.82, 2.24) is 0 Å². The predicted molar refractivity (Wildman–Crippen MR) is 53.7 cm³/mol. The van der Waals surface area contributed by atoms with E-state index in [9.17, 15) is 4.79 Å². The van der Waals surface area contributed by atoms with E-state index in [1.54, 1.807) is 13.8 Å². The van der Waals surface area contributed by atoms with E-state index in [2.05, 4.69) is 0 Å². The molecule has 6 heteroatoms. The Kier molecular flexibility index (Phi) is 3.13. The van der Waals surface area contributed by atoms with E-state index in [0.717, 1.165) is 6.16 Å².